The molecule has 1 amide bonds. The third-order valence-corrected chi connectivity index (χ3v) is 5.88. The lowest BCUT2D eigenvalue weighted by Crippen LogP contribution is -2.34. The summed E-state index contributed by atoms with van der Waals surface area (Å²) in [5, 5.41) is 6.37. The summed E-state index contributed by atoms with van der Waals surface area (Å²) >= 11 is 13.5. The van der Waals surface area contributed by atoms with Crippen LogP contribution in [-0.4, -0.2) is 24.1 Å². The Labute approximate surface area is 183 Å². The highest BCUT2D eigenvalue weighted by molar-refractivity contribution is 14.1. The zero-order valence-electron chi connectivity index (χ0n) is 15.0. The van der Waals surface area contributed by atoms with E-state index in [9.17, 15) is 4.79 Å². The average molecular weight is 514 g/mol. The van der Waals surface area contributed by atoms with Crippen LogP contribution in [0.25, 0.3) is 0 Å². The van der Waals surface area contributed by atoms with E-state index in [1.54, 1.807) is 12.1 Å². The first-order chi connectivity index (χ1) is 12.9. The number of benzene rings is 2. The lowest BCUT2D eigenvalue weighted by Gasteiger charge is -2.32. The van der Waals surface area contributed by atoms with Crippen molar-refractivity contribution in [2.24, 2.45) is 5.92 Å². The number of nitrogens with zero attached hydrogens (tertiary/aromatic N) is 1. The number of hydrogen-bond donors (Lipinski definition) is 2. The van der Waals surface area contributed by atoms with E-state index in [0.717, 1.165) is 28.3 Å². The van der Waals surface area contributed by atoms with Crippen molar-refractivity contribution in [3.63, 3.8) is 0 Å². The largest absolute Gasteiger partial charge is 0.372 e. The number of anilines is 2. The Kier molecular flexibility index (Phi) is 6.94. The first kappa shape index (κ1) is 20.4. The molecule has 1 saturated heterocycles. The van der Waals surface area contributed by atoms with Gasteiger partial charge < -0.3 is 10.2 Å². The summed E-state index contributed by atoms with van der Waals surface area (Å²) in [4.78, 5) is 14.8. The predicted molar refractivity (Wildman–Crippen MR) is 125 cm³/mol. The van der Waals surface area contributed by atoms with Gasteiger partial charge in [-0.25, -0.2) is 0 Å². The van der Waals surface area contributed by atoms with Crippen LogP contribution in [0.5, 0.6) is 0 Å². The van der Waals surface area contributed by atoms with Crippen molar-refractivity contribution in [1.29, 1.82) is 0 Å². The Morgan fingerprint density at radius 3 is 2.52 bits per heavy atom. The quantitative estimate of drug-likeness (QED) is 0.431. The second-order valence-electron chi connectivity index (χ2n) is 6.75. The molecular weight excluding hydrogens is 493 g/mol. The molecule has 0 atom stereocenters. The fourth-order valence-electron chi connectivity index (χ4n) is 3.03. The highest BCUT2D eigenvalue weighted by Gasteiger charge is 2.16. The predicted octanol–water partition coefficient (Wildman–Crippen LogP) is 5.31. The molecule has 0 bridgehead atoms. The van der Waals surface area contributed by atoms with E-state index in [4.69, 9.17) is 23.8 Å². The number of thiocarbonyl (C=S) groups is 1. The topological polar surface area (TPSA) is 44.4 Å². The van der Waals surface area contributed by atoms with Gasteiger partial charge in [0, 0.05) is 28.0 Å². The van der Waals surface area contributed by atoms with Crippen molar-refractivity contribution >= 4 is 68.8 Å². The van der Waals surface area contributed by atoms with E-state index in [0.29, 0.717) is 10.6 Å². The van der Waals surface area contributed by atoms with Gasteiger partial charge in [-0.05, 0) is 96.0 Å². The second kappa shape index (κ2) is 9.21. The third-order valence-electron chi connectivity index (χ3n) is 4.67. The molecule has 0 radical (unpaired) electrons. The molecule has 2 aromatic carbocycles. The Hall–Kier alpha value is -1.38. The summed E-state index contributed by atoms with van der Waals surface area (Å²) in [6.07, 6.45) is 2.47. The average Bonchev–Trinajstić information content (AvgIpc) is 2.65. The Morgan fingerprint density at radius 1 is 1.19 bits per heavy atom. The van der Waals surface area contributed by atoms with Gasteiger partial charge in [-0.2, -0.15) is 0 Å². The highest BCUT2D eigenvalue weighted by Crippen LogP contribution is 2.24. The van der Waals surface area contributed by atoms with Crippen LogP contribution in [0.3, 0.4) is 0 Å². The molecule has 0 spiro atoms. The third kappa shape index (κ3) is 5.56. The smallest absolute Gasteiger partial charge is 0.258 e. The molecule has 0 aromatic heterocycles. The van der Waals surface area contributed by atoms with E-state index in [1.807, 2.05) is 18.2 Å². The zero-order chi connectivity index (χ0) is 19.4. The van der Waals surface area contributed by atoms with Gasteiger partial charge in [0.1, 0.15) is 0 Å². The maximum absolute atomic E-state index is 12.4. The molecule has 4 nitrogen and oxygen atoms in total. The fraction of sp³-hybridized carbons (Fsp3) is 0.300. The monoisotopic (exact) mass is 513 g/mol. The maximum atomic E-state index is 12.4. The van der Waals surface area contributed by atoms with E-state index >= 15 is 0 Å². The van der Waals surface area contributed by atoms with Crippen molar-refractivity contribution in [3.8, 4) is 0 Å². The minimum atomic E-state index is -0.324. The van der Waals surface area contributed by atoms with Crippen LogP contribution < -0.4 is 15.5 Å². The summed E-state index contributed by atoms with van der Waals surface area (Å²) < 4.78 is 0.934. The lowest BCUT2D eigenvalue weighted by atomic mass is 9.99. The van der Waals surface area contributed by atoms with Crippen LogP contribution in [0.1, 0.15) is 30.1 Å². The summed E-state index contributed by atoms with van der Waals surface area (Å²) in [6, 6.07) is 13.4. The lowest BCUT2D eigenvalue weighted by molar-refractivity contribution is 0.0978. The number of piperidine rings is 1. The standard InChI is InChI=1S/C20H21ClIN3OS/c1-13-8-10-25(11-9-13)16-5-3-15(4-6-16)23-20(27)24-19(26)17-12-14(22)2-7-18(17)21/h2-7,12-13H,8-11H2,1H3,(H2,23,24,26,27). The molecule has 1 fully saturated rings. The summed E-state index contributed by atoms with van der Waals surface area (Å²) in [5.41, 5.74) is 2.46. The van der Waals surface area contributed by atoms with Gasteiger partial charge in [-0.3, -0.25) is 10.1 Å². The molecule has 2 aromatic rings. The van der Waals surface area contributed by atoms with Crippen LogP contribution in [0.15, 0.2) is 42.5 Å². The van der Waals surface area contributed by atoms with Crippen LogP contribution in [0, 0.1) is 9.49 Å². The van der Waals surface area contributed by atoms with E-state index in [2.05, 4.69) is 57.2 Å². The zero-order valence-corrected chi connectivity index (χ0v) is 18.7. The van der Waals surface area contributed by atoms with Crippen molar-refractivity contribution in [2.45, 2.75) is 19.8 Å². The van der Waals surface area contributed by atoms with Gasteiger partial charge in [-0.15, -0.1) is 0 Å². The summed E-state index contributed by atoms with van der Waals surface area (Å²) in [7, 11) is 0. The number of hydrogen-bond acceptors (Lipinski definition) is 3. The number of amides is 1. The van der Waals surface area contributed by atoms with E-state index in [-0.39, 0.29) is 11.0 Å². The molecule has 3 rings (SSSR count). The molecule has 1 aliphatic rings. The molecule has 142 valence electrons. The molecule has 27 heavy (non-hydrogen) atoms. The van der Waals surface area contributed by atoms with Gasteiger partial charge in [0.2, 0.25) is 0 Å². The Bertz CT molecular complexity index is 836. The van der Waals surface area contributed by atoms with Crippen molar-refractivity contribution in [1.82, 2.24) is 5.32 Å². The number of nitrogens with one attached hydrogen (secondary N) is 2. The van der Waals surface area contributed by atoms with Crippen molar-refractivity contribution < 1.29 is 4.79 Å². The number of carbonyl (C=O) groups is 1. The first-order valence-electron chi connectivity index (χ1n) is 8.85. The van der Waals surface area contributed by atoms with Gasteiger partial charge in [0.25, 0.3) is 5.91 Å². The normalized spacial score (nSPS) is 14.7. The highest BCUT2D eigenvalue weighted by atomic mass is 127. The second-order valence-corrected chi connectivity index (χ2v) is 8.81. The Balaban J connectivity index is 1.57. The first-order valence-corrected chi connectivity index (χ1v) is 10.7. The summed E-state index contributed by atoms with van der Waals surface area (Å²) in [6.45, 7) is 4.50. The van der Waals surface area contributed by atoms with Gasteiger partial charge in [0.15, 0.2) is 5.11 Å². The van der Waals surface area contributed by atoms with Crippen LogP contribution in [0.4, 0.5) is 11.4 Å². The van der Waals surface area contributed by atoms with Gasteiger partial charge in [-0.1, -0.05) is 18.5 Å². The summed E-state index contributed by atoms with van der Waals surface area (Å²) in [5.74, 6) is 0.486. The van der Waals surface area contributed by atoms with Crippen LogP contribution in [0.2, 0.25) is 5.02 Å². The van der Waals surface area contributed by atoms with E-state index in [1.165, 1.54) is 18.5 Å². The van der Waals surface area contributed by atoms with E-state index < -0.39 is 0 Å². The molecule has 0 aliphatic carbocycles. The molecule has 0 unspecified atom stereocenters. The molecule has 0 saturated carbocycles. The van der Waals surface area contributed by atoms with Crippen LogP contribution >= 0.6 is 46.4 Å². The van der Waals surface area contributed by atoms with Gasteiger partial charge >= 0.3 is 0 Å². The minimum Gasteiger partial charge on any atom is -0.372 e. The van der Waals surface area contributed by atoms with Gasteiger partial charge in [0.05, 0.1) is 10.6 Å². The maximum Gasteiger partial charge on any atom is 0.258 e. The van der Waals surface area contributed by atoms with Crippen molar-refractivity contribution in [2.75, 3.05) is 23.3 Å². The number of rotatable bonds is 3. The Morgan fingerprint density at radius 2 is 1.85 bits per heavy atom. The molecule has 2 N–H and O–H groups in total. The molecule has 7 heteroatoms. The van der Waals surface area contributed by atoms with Crippen LogP contribution in [-0.2, 0) is 0 Å². The fourth-order valence-corrected chi connectivity index (χ4v) is 3.93. The SMILES string of the molecule is CC1CCN(c2ccc(NC(=S)NC(=O)c3cc(I)ccc3Cl)cc2)CC1. The molecule has 1 aliphatic heterocycles. The minimum absolute atomic E-state index is 0.245. The number of halogens is 2. The molecule has 1 heterocycles. The van der Waals surface area contributed by atoms with Crippen molar-refractivity contribution in [3.05, 3.63) is 56.6 Å². The number of carbonyl (C=O) groups excluding carboxylic acids is 1. The molecular formula is C20H21ClIN3OS.